The summed E-state index contributed by atoms with van der Waals surface area (Å²) < 4.78 is 27.8. The largest absolute Gasteiger partial charge is 0.350 e. The molecule has 4 rings (SSSR count). The molecular weight excluding hydrogens is 454 g/mol. The van der Waals surface area contributed by atoms with Crippen LogP contribution < -0.4 is 10.2 Å². The van der Waals surface area contributed by atoms with Gasteiger partial charge in [0.25, 0.3) is 0 Å². The van der Waals surface area contributed by atoms with Crippen LogP contribution >= 0.6 is 23.1 Å². The third-order valence-corrected chi connectivity index (χ3v) is 9.41. The number of hydrogen-bond acceptors (Lipinski definition) is 6. The van der Waals surface area contributed by atoms with Crippen molar-refractivity contribution in [1.29, 1.82) is 0 Å². The van der Waals surface area contributed by atoms with E-state index in [0.29, 0.717) is 31.2 Å². The van der Waals surface area contributed by atoms with E-state index in [9.17, 15) is 18.0 Å². The van der Waals surface area contributed by atoms with E-state index in [1.807, 2.05) is 17.5 Å². The Morgan fingerprint density at radius 1 is 1.23 bits per heavy atom. The first kappa shape index (κ1) is 22.3. The normalized spacial score (nSPS) is 18.1. The summed E-state index contributed by atoms with van der Waals surface area (Å²) in [6.45, 7) is 3.41. The minimum atomic E-state index is -3.64. The van der Waals surface area contributed by atoms with Gasteiger partial charge < -0.3 is 10.2 Å². The molecule has 166 valence electrons. The lowest BCUT2D eigenvalue weighted by atomic mass is 10.0. The summed E-state index contributed by atoms with van der Waals surface area (Å²) >= 11 is 2.91. The average Bonchev–Trinajstić information content (AvgIpc) is 3.28. The summed E-state index contributed by atoms with van der Waals surface area (Å²) in [6.07, 6.45) is 1.68. The summed E-state index contributed by atoms with van der Waals surface area (Å²) in [5.41, 5.74) is 0.485. The number of carbonyl (C=O) groups excluding carboxylic acids is 2. The fourth-order valence-electron chi connectivity index (χ4n) is 3.69. The lowest BCUT2D eigenvalue weighted by Crippen LogP contribution is -2.43. The summed E-state index contributed by atoms with van der Waals surface area (Å²) in [4.78, 5) is 28.5. The Morgan fingerprint density at radius 3 is 2.71 bits per heavy atom. The smallest absolute Gasteiger partial charge is 0.243 e. The number of sulfonamides is 1. The quantitative estimate of drug-likeness (QED) is 0.688. The molecule has 1 fully saturated rings. The zero-order valence-corrected chi connectivity index (χ0v) is 19.7. The van der Waals surface area contributed by atoms with Gasteiger partial charge in [-0.3, -0.25) is 9.59 Å². The molecule has 3 heterocycles. The predicted molar refractivity (Wildman–Crippen MR) is 123 cm³/mol. The van der Waals surface area contributed by atoms with E-state index in [4.69, 9.17) is 0 Å². The Morgan fingerprint density at radius 2 is 2.00 bits per heavy atom. The van der Waals surface area contributed by atoms with Gasteiger partial charge in [0.1, 0.15) is 6.54 Å². The standard InChI is InChI=1S/C21H25N3O4S3/c1-15-6-8-23(9-7-15)31(27,28)17-4-5-19-18(11-17)24(21(26)14-30-19)13-20(25)22-12-16-3-2-10-29-16/h2-5,10-11,15H,6-9,12-14H2,1H3,(H,22,25). The molecule has 2 aromatic rings. The number of nitrogens with one attached hydrogen (secondary N) is 1. The van der Waals surface area contributed by atoms with Gasteiger partial charge in [-0.1, -0.05) is 13.0 Å². The highest BCUT2D eigenvalue weighted by atomic mass is 32.2. The zero-order valence-electron chi connectivity index (χ0n) is 17.2. The number of piperidine rings is 1. The molecule has 0 unspecified atom stereocenters. The number of fused-ring (bicyclic) bond motifs is 1. The predicted octanol–water partition coefficient (Wildman–Crippen LogP) is 2.92. The van der Waals surface area contributed by atoms with Crippen molar-refractivity contribution in [2.24, 2.45) is 5.92 Å². The Balaban J connectivity index is 1.53. The van der Waals surface area contributed by atoms with Gasteiger partial charge in [0.2, 0.25) is 21.8 Å². The van der Waals surface area contributed by atoms with Crippen molar-refractivity contribution in [2.45, 2.75) is 36.1 Å². The van der Waals surface area contributed by atoms with E-state index in [0.717, 1.165) is 22.6 Å². The van der Waals surface area contributed by atoms with Crippen molar-refractivity contribution in [2.75, 3.05) is 30.3 Å². The van der Waals surface area contributed by atoms with Gasteiger partial charge in [0, 0.05) is 22.9 Å². The van der Waals surface area contributed by atoms with Gasteiger partial charge in [0.05, 0.1) is 22.9 Å². The number of anilines is 1. The van der Waals surface area contributed by atoms with Crippen LogP contribution in [0.1, 0.15) is 24.6 Å². The topological polar surface area (TPSA) is 86.8 Å². The van der Waals surface area contributed by atoms with Crippen LogP contribution in [0.15, 0.2) is 45.5 Å². The van der Waals surface area contributed by atoms with Gasteiger partial charge in [-0.25, -0.2) is 8.42 Å². The highest BCUT2D eigenvalue weighted by Gasteiger charge is 2.32. The van der Waals surface area contributed by atoms with Crippen LogP contribution in [0, 0.1) is 5.92 Å². The van der Waals surface area contributed by atoms with E-state index in [1.54, 1.807) is 29.5 Å². The molecule has 1 aromatic heterocycles. The number of thiophene rings is 1. The minimum Gasteiger partial charge on any atom is -0.350 e. The Labute approximate surface area is 190 Å². The summed E-state index contributed by atoms with van der Waals surface area (Å²) in [5.74, 6) is 0.261. The number of carbonyl (C=O) groups is 2. The van der Waals surface area contributed by atoms with E-state index in [1.165, 1.54) is 21.0 Å². The first-order valence-electron chi connectivity index (χ1n) is 10.2. The molecule has 2 amide bonds. The number of nitrogens with zero attached hydrogens (tertiary/aromatic N) is 2. The maximum Gasteiger partial charge on any atom is 0.243 e. The second-order valence-corrected chi connectivity index (χ2v) is 11.8. The van der Waals surface area contributed by atoms with Gasteiger partial charge in [0.15, 0.2) is 0 Å². The van der Waals surface area contributed by atoms with Crippen molar-refractivity contribution in [3.05, 3.63) is 40.6 Å². The fourth-order valence-corrected chi connectivity index (χ4v) is 6.74. The van der Waals surface area contributed by atoms with Gasteiger partial charge >= 0.3 is 0 Å². The molecule has 0 aliphatic carbocycles. The number of amides is 2. The van der Waals surface area contributed by atoms with E-state index >= 15 is 0 Å². The number of thioether (sulfide) groups is 1. The summed E-state index contributed by atoms with van der Waals surface area (Å²) in [7, 11) is -3.64. The highest BCUT2D eigenvalue weighted by molar-refractivity contribution is 8.00. The maximum absolute atomic E-state index is 13.2. The number of rotatable bonds is 6. The molecule has 0 saturated carbocycles. The Kier molecular flexibility index (Phi) is 6.71. The van der Waals surface area contributed by atoms with Crippen LogP contribution in [-0.2, 0) is 26.2 Å². The summed E-state index contributed by atoms with van der Waals surface area (Å²) in [6, 6.07) is 8.73. The minimum absolute atomic E-state index is 0.136. The van der Waals surface area contributed by atoms with Gasteiger partial charge in [-0.2, -0.15) is 4.31 Å². The molecule has 0 radical (unpaired) electrons. The number of hydrogen-bond donors (Lipinski definition) is 1. The van der Waals surface area contributed by atoms with Crippen molar-refractivity contribution < 1.29 is 18.0 Å². The Hall–Kier alpha value is -1.88. The molecule has 2 aliphatic heterocycles. The van der Waals surface area contributed by atoms with Crippen molar-refractivity contribution >= 4 is 50.6 Å². The van der Waals surface area contributed by atoms with Crippen molar-refractivity contribution in [3.8, 4) is 0 Å². The molecule has 1 N–H and O–H groups in total. The van der Waals surface area contributed by atoms with Crippen LogP contribution in [0.5, 0.6) is 0 Å². The zero-order chi connectivity index (χ0) is 22.0. The Bertz CT molecular complexity index is 1060. The van der Waals surface area contributed by atoms with Gasteiger partial charge in [-0.15, -0.1) is 23.1 Å². The molecule has 10 heteroatoms. The van der Waals surface area contributed by atoms with Crippen LogP contribution in [0.2, 0.25) is 0 Å². The molecule has 1 saturated heterocycles. The van der Waals surface area contributed by atoms with Gasteiger partial charge in [-0.05, 0) is 48.4 Å². The second kappa shape index (κ2) is 9.32. The van der Waals surface area contributed by atoms with Crippen molar-refractivity contribution in [1.82, 2.24) is 9.62 Å². The molecule has 31 heavy (non-hydrogen) atoms. The lowest BCUT2D eigenvalue weighted by molar-refractivity contribution is -0.123. The van der Waals surface area contributed by atoms with E-state index in [-0.39, 0.29) is 29.0 Å². The van der Waals surface area contributed by atoms with E-state index in [2.05, 4.69) is 12.2 Å². The third-order valence-electron chi connectivity index (χ3n) is 5.60. The average molecular weight is 480 g/mol. The second-order valence-electron chi connectivity index (χ2n) is 7.84. The van der Waals surface area contributed by atoms with Crippen LogP contribution in [0.3, 0.4) is 0 Å². The highest BCUT2D eigenvalue weighted by Crippen LogP contribution is 2.37. The molecular formula is C21H25N3O4S3. The molecule has 0 spiro atoms. The molecule has 0 bridgehead atoms. The molecule has 7 nitrogen and oxygen atoms in total. The molecule has 2 aliphatic rings. The van der Waals surface area contributed by atoms with Crippen molar-refractivity contribution in [3.63, 3.8) is 0 Å². The monoisotopic (exact) mass is 479 g/mol. The molecule has 0 atom stereocenters. The molecule has 1 aromatic carbocycles. The third kappa shape index (κ3) is 4.97. The maximum atomic E-state index is 13.2. The first-order valence-corrected chi connectivity index (χ1v) is 13.5. The summed E-state index contributed by atoms with van der Waals surface area (Å²) in [5, 5.41) is 4.77. The fraction of sp³-hybridized carbons (Fsp3) is 0.429. The number of benzene rings is 1. The van der Waals surface area contributed by atoms with E-state index < -0.39 is 10.0 Å². The SMILES string of the molecule is CC1CCN(S(=O)(=O)c2ccc3c(c2)N(CC(=O)NCc2cccs2)C(=O)CS3)CC1. The van der Waals surface area contributed by atoms with Crippen LogP contribution in [0.25, 0.3) is 0 Å². The lowest BCUT2D eigenvalue weighted by Gasteiger charge is -2.31. The first-order chi connectivity index (χ1) is 14.8. The van der Waals surface area contributed by atoms with Crippen LogP contribution in [-0.4, -0.2) is 49.9 Å². The van der Waals surface area contributed by atoms with Crippen LogP contribution in [0.4, 0.5) is 5.69 Å².